The van der Waals surface area contributed by atoms with Crippen LogP contribution in [0.4, 0.5) is 0 Å². The summed E-state index contributed by atoms with van der Waals surface area (Å²) in [5, 5.41) is 3.46. The van der Waals surface area contributed by atoms with E-state index in [9.17, 15) is 0 Å². The first-order chi connectivity index (χ1) is 4.97. The second-order valence-electron chi connectivity index (χ2n) is 3.56. The highest BCUT2D eigenvalue weighted by Gasteiger charge is 2.27. The minimum atomic E-state index is 0.961. The Morgan fingerprint density at radius 2 is 2.20 bits per heavy atom. The first-order valence-corrected chi connectivity index (χ1v) is 4.52. The van der Waals surface area contributed by atoms with Gasteiger partial charge in [-0.25, -0.2) is 0 Å². The number of nitrogens with one attached hydrogen (secondary N) is 2. The van der Waals surface area contributed by atoms with Crippen LogP contribution in [-0.2, 0) is 0 Å². The monoisotopic (exact) mass is 141 g/mol. The van der Waals surface area contributed by atoms with Crippen molar-refractivity contribution in [1.82, 2.24) is 5.32 Å². The number of rotatable bonds is 0. The number of quaternary nitrogens is 1. The Balaban J connectivity index is 1.93. The fourth-order valence-corrected chi connectivity index (χ4v) is 2.25. The molecule has 2 fully saturated rings. The summed E-state index contributed by atoms with van der Waals surface area (Å²) in [7, 11) is 0. The van der Waals surface area contributed by atoms with Crippen LogP contribution in [0.3, 0.4) is 0 Å². The van der Waals surface area contributed by atoms with E-state index in [0.29, 0.717) is 0 Å². The highest BCUT2D eigenvalue weighted by molar-refractivity contribution is 4.68. The van der Waals surface area contributed by atoms with Gasteiger partial charge in [-0.05, 0) is 12.8 Å². The molecule has 0 spiro atoms. The van der Waals surface area contributed by atoms with Gasteiger partial charge in [0.15, 0.2) is 0 Å². The average molecular weight is 141 g/mol. The molecule has 0 radical (unpaired) electrons. The summed E-state index contributed by atoms with van der Waals surface area (Å²) in [5.41, 5.74) is 0. The molecule has 2 heterocycles. The number of hydrogen-bond donors (Lipinski definition) is 2. The van der Waals surface area contributed by atoms with Gasteiger partial charge < -0.3 is 10.2 Å². The van der Waals surface area contributed by atoms with Crippen molar-refractivity contribution in [1.29, 1.82) is 0 Å². The lowest BCUT2D eigenvalue weighted by atomic mass is 10.0. The van der Waals surface area contributed by atoms with Gasteiger partial charge in [0.25, 0.3) is 0 Å². The molecule has 0 aromatic heterocycles. The Hall–Kier alpha value is -0.0800. The molecule has 0 bridgehead atoms. The molecule has 2 atom stereocenters. The SMILES string of the molecule is C1CC[NH+]2CCNCC2C1. The molecular weight excluding hydrogens is 124 g/mol. The quantitative estimate of drug-likeness (QED) is 0.443. The van der Waals surface area contributed by atoms with E-state index in [1.54, 1.807) is 0 Å². The minimum Gasteiger partial charge on any atom is -0.330 e. The maximum absolute atomic E-state index is 3.46. The van der Waals surface area contributed by atoms with Gasteiger partial charge in [-0.1, -0.05) is 0 Å². The Bertz CT molecular complexity index is 87.8. The fraction of sp³-hybridized carbons (Fsp3) is 1.00. The summed E-state index contributed by atoms with van der Waals surface area (Å²) in [6.07, 6.45) is 4.39. The van der Waals surface area contributed by atoms with Crippen molar-refractivity contribution in [2.45, 2.75) is 25.3 Å². The van der Waals surface area contributed by atoms with Crippen molar-refractivity contribution in [3.8, 4) is 0 Å². The molecule has 2 aliphatic heterocycles. The maximum atomic E-state index is 3.46. The van der Waals surface area contributed by atoms with E-state index in [-0.39, 0.29) is 0 Å². The van der Waals surface area contributed by atoms with Crippen LogP contribution in [-0.4, -0.2) is 32.2 Å². The van der Waals surface area contributed by atoms with Gasteiger partial charge in [0.05, 0.1) is 13.1 Å². The predicted octanol–water partition coefficient (Wildman–Crippen LogP) is -0.973. The van der Waals surface area contributed by atoms with Gasteiger partial charge in [-0.2, -0.15) is 0 Å². The molecule has 58 valence electrons. The number of piperazine rings is 1. The van der Waals surface area contributed by atoms with E-state index in [0.717, 1.165) is 6.04 Å². The molecule has 10 heavy (non-hydrogen) atoms. The van der Waals surface area contributed by atoms with E-state index >= 15 is 0 Å². The molecule has 2 unspecified atom stereocenters. The van der Waals surface area contributed by atoms with Crippen LogP contribution in [0.15, 0.2) is 0 Å². The van der Waals surface area contributed by atoms with Crippen LogP contribution in [0.25, 0.3) is 0 Å². The van der Waals surface area contributed by atoms with Crippen LogP contribution in [0.5, 0.6) is 0 Å². The zero-order valence-electron chi connectivity index (χ0n) is 6.53. The third-order valence-electron chi connectivity index (χ3n) is 2.89. The van der Waals surface area contributed by atoms with Gasteiger partial charge >= 0.3 is 0 Å². The molecule has 2 nitrogen and oxygen atoms in total. The summed E-state index contributed by atoms with van der Waals surface area (Å²) in [6, 6.07) is 0.961. The topological polar surface area (TPSA) is 16.5 Å². The Morgan fingerprint density at radius 3 is 3.10 bits per heavy atom. The van der Waals surface area contributed by atoms with E-state index in [1.165, 1.54) is 45.4 Å². The van der Waals surface area contributed by atoms with Crippen molar-refractivity contribution in [2.24, 2.45) is 0 Å². The third kappa shape index (κ3) is 1.18. The smallest absolute Gasteiger partial charge is 0.100 e. The van der Waals surface area contributed by atoms with Crippen molar-refractivity contribution in [3.05, 3.63) is 0 Å². The second-order valence-corrected chi connectivity index (χ2v) is 3.56. The molecule has 0 saturated carbocycles. The van der Waals surface area contributed by atoms with E-state index in [4.69, 9.17) is 0 Å². The van der Waals surface area contributed by atoms with Gasteiger partial charge in [0, 0.05) is 19.5 Å². The molecule has 2 saturated heterocycles. The molecule has 0 aliphatic carbocycles. The third-order valence-corrected chi connectivity index (χ3v) is 2.89. The van der Waals surface area contributed by atoms with Crippen molar-refractivity contribution in [3.63, 3.8) is 0 Å². The predicted molar refractivity (Wildman–Crippen MR) is 41.2 cm³/mol. The fourth-order valence-electron chi connectivity index (χ4n) is 2.25. The zero-order chi connectivity index (χ0) is 6.81. The van der Waals surface area contributed by atoms with Gasteiger partial charge in [0.2, 0.25) is 0 Å². The summed E-state index contributed by atoms with van der Waals surface area (Å²) in [5.74, 6) is 0. The lowest BCUT2D eigenvalue weighted by molar-refractivity contribution is -0.932. The average Bonchev–Trinajstić information content (AvgIpc) is 2.05. The van der Waals surface area contributed by atoms with Gasteiger partial charge in [-0.3, -0.25) is 0 Å². The first-order valence-electron chi connectivity index (χ1n) is 4.52. The largest absolute Gasteiger partial charge is 0.330 e. The lowest BCUT2D eigenvalue weighted by Gasteiger charge is -2.36. The van der Waals surface area contributed by atoms with Crippen LogP contribution >= 0.6 is 0 Å². The highest BCUT2D eigenvalue weighted by atomic mass is 15.2. The molecule has 2 rings (SSSR count). The number of hydrogen-bond acceptors (Lipinski definition) is 1. The normalized spacial score (nSPS) is 40.8. The first kappa shape index (κ1) is 6.62. The van der Waals surface area contributed by atoms with Crippen LogP contribution in [0.1, 0.15) is 19.3 Å². The molecule has 0 aromatic rings. The van der Waals surface area contributed by atoms with Gasteiger partial charge in [0.1, 0.15) is 6.04 Å². The summed E-state index contributed by atoms with van der Waals surface area (Å²) in [4.78, 5) is 1.87. The van der Waals surface area contributed by atoms with Crippen molar-refractivity contribution < 1.29 is 4.90 Å². The van der Waals surface area contributed by atoms with Crippen molar-refractivity contribution >= 4 is 0 Å². The minimum absolute atomic E-state index is 0.961. The summed E-state index contributed by atoms with van der Waals surface area (Å²) in [6.45, 7) is 5.32. The van der Waals surface area contributed by atoms with Crippen LogP contribution in [0.2, 0.25) is 0 Å². The number of piperidine rings is 1. The second kappa shape index (κ2) is 2.89. The number of fused-ring (bicyclic) bond motifs is 1. The molecule has 2 heteroatoms. The Morgan fingerprint density at radius 1 is 1.20 bits per heavy atom. The summed E-state index contributed by atoms with van der Waals surface area (Å²) >= 11 is 0. The lowest BCUT2D eigenvalue weighted by Crippen LogP contribution is -3.19. The maximum Gasteiger partial charge on any atom is 0.100 e. The van der Waals surface area contributed by atoms with Crippen LogP contribution < -0.4 is 10.2 Å². The highest BCUT2D eigenvalue weighted by Crippen LogP contribution is 2.02. The molecule has 0 aromatic carbocycles. The molecule has 0 amide bonds. The molecule has 2 N–H and O–H groups in total. The van der Waals surface area contributed by atoms with E-state index in [1.807, 2.05) is 4.90 Å². The zero-order valence-corrected chi connectivity index (χ0v) is 6.53. The Labute approximate surface area is 62.6 Å². The Kier molecular flexibility index (Phi) is 1.91. The standard InChI is InChI=1S/C8H16N2/c1-2-5-10-6-4-9-7-8(10)3-1/h8-9H,1-7H2/p+1. The van der Waals surface area contributed by atoms with E-state index in [2.05, 4.69) is 5.32 Å². The molecular formula is C8H17N2+. The van der Waals surface area contributed by atoms with E-state index < -0.39 is 0 Å². The summed E-state index contributed by atoms with van der Waals surface area (Å²) < 4.78 is 0. The van der Waals surface area contributed by atoms with Crippen molar-refractivity contribution in [2.75, 3.05) is 26.2 Å². The van der Waals surface area contributed by atoms with Gasteiger partial charge in [-0.15, -0.1) is 0 Å². The molecule has 2 aliphatic rings. The van der Waals surface area contributed by atoms with Crippen LogP contribution in [0, 0.1) is 0 Å².